The molecule has 0 aliphatic carbocycles. The van der Waals surface area contributed by atoms with Gasteiger partial charge in [0.05, 0.1) is 5.56 Å². The summed E-state index contributed by atoms with van der Waals surface area (Å²) in [6, 6.07) is 7.63. The molecule has 4 nitrogen and oxygen atoms in total. The first-order chi connectivity index (χ1) is 8.61. The van der Waals surface area contributed by atoms with E-state index in [0.29, 0.717) is 17.9 Å². The molecular formula is C14H17N3O. The van der Waals surface area contributed by atoms with Crippen LogP contribution in [0.5, 0.6) is 0 Å². The second-order valence-corrected chi connectivity index (χ2v) is 4.57. The van der Waals surface area contributed by atoms with E-state index >= 15 is 0 Å². The molecule has 0 atom stereocenters. The van der Waals surface area contributed by atoms with Crippen LogP contribution in [0.1, 0.15) is 31.2 Å². The van der Waals surface area contributed by atoms with Crippen molar-refractivity contribution in [2.24, 2.45) is 5.73 Å². The molecule has 3 N–H and O–H groups in total. The number of rotatable bonds is 3. The normalized spacial score (nSPS) is 10.9. The zero-order valence-electron chi connectivity index (χ0n) is 10.6. The summed E-state index contributed by atoms with van der Waals surface area (Å²) in [5, 5.41) is 0. The lowest BCUT2D eigenvalue weighted by atomic mass is 10.1. The number of aromatic amines is 1. The van der Waals surface area contributed by atoms with Crippen LogP contribution in [0.3, 0.4) is 0 Å². The number of aromatic nitrogens is 2. The molecule has 0 aliphatic heterocycles. The average molecular weight is 243 g/mol. The van der Waals surface area contributed by atoms with Crippen LogP contribution >= 0.6 is 0 Å². The third-order valence-corrected chi connectivity index (χ3v) is 2.87. The fraction of sp³-hybridized carbons (Fsp3) is 0.286. The summed E-state index contributed by atoms with van der Waals surface area (Å²) in [4.78, 5) is 19.1. The summed E-state index contributed by atoms with van der Waals surface area (Å²) in [7, 11) is 0. The smallest absolute Gasteiger partial charge is 0.258 e. The van der Waals surface area contributed by atoms with Gasteiger partial charge in [0.2, 0.25) is 0 Å². The molecule has 2 rings (SSSR count). The summed E-state index contributed by atoms with van der Waals surface area (Å²) >= 11 is 0. The highest BCUT2D eigenvalue weighted by atomic mass is 16.1. The monoisotopic (exact) mass is 243 g/mol. The number of nitrogens with one attached hydrogen (secondary N) is 1. The first-order valence-corrected chi connectivity index (χ1v) is 6.00. The Balaban J connectivity index is 2.41. The number of hydrogen-bond acceptors (Lipinski definition) is 3. The zero-order valence-corrected chi connectivity index (χ0v) is 10.6. The molecule has 2 aromatic rings. The maximum atomic E-state index is 12.0. The van der Waals surface area contributed by atoms with E-state index in [-0.39, 0.29) is 11.5 Å². The number of hydrogen-bond donors (Lipinski definition) is 2. The van der Waals surface area contributed by atoms with Crippen molar-refractivity contribution in [3.63, 3.8) is 0 Å². The summed E-state index contributed by atoms with van der Waals surface area (Å²) in [5.74, 6) is 0.925. The molecule has 0 amide bonds. The van der Waals surface area contributed by atoms with E-state index in [4.69, 9.17) is 5.73 Å². The molecule has 0 unspecified atom stereocenters. The molecule has 0 bridgehead atoms. The Hall–Kier alpha value is -1.94. The first kappa shape index (κ1) is 12.5. The molecule has 0 radical (unpaired) electrons. The van der Waals surface area contributed by atoms with Gasteiger partial charge < -0.3 is 10.7 Å². The lowest BCUT2D eigenvalue weighted by molar-refractivity contribution is 0.767. The second-order valence-electron chi connectivity index (χ2n) is 4.57. The van der Waals surface area contributed by atoms with Crippen LogP contribution in [0.2, 0.25) is 0 Å². The summed E-state index contributed by atoms with van der Waals surface area (Å²) in [5.41, 5.74) is 7.93. The molecule has 1 aromatic heterocycles. The number of nitrogens with zero attached hydrogens (tertiary/aromatic N) is 1. The minimum absolute atomic E-state index is 0.103. The van der Waals surface area contributed by atoms with Crippen LogP contribution in [0, 0.1) is 0 Å². The minimum atomic E-state index is -0.103. The molecule has 1 heterocycles. The summed E-state index contributed by atoms with van der Waals surface area (Å²) in [6.07, 6.45) is 1.63. The van der Waals surface area contributed by atoms with Gasteiger partial charge in [-0.1, -0.05) is 38.1 Å². The standard InChI is InChI=1S/C14H17N3O/c1-9(2)13-16-8-12(14(18)17-13)11-5-3-10(7-15)4-6-11/h3-6,8-9H,7,15H2,1-2H3,(H,16,17,18). The van der Waals surface area contributed by atoms with Gasteiger partial charge >= 0.3 is 0 Å². The van der Waals surface area contributed by atoms with Crippen LogP contribution in [0.15, 0.2) is 35.3 Å². The van der Waals surface area contributed by atoms with E-state index in [2.05, 4.69) is 9.97 Å². The number of nitrogens with two attached hydrogens (primary N) is 1. The van der Waals surface area contributed by atoms with Gasteiger partial charge in [0.1, 0.15) is 5.82 Å². The van der Waals surface area contributed by atoms with Crippen molar-refractivity contribution in [2.45, 2.75) is 26.3 Å². The quantitative estimate of drug-likeness (QED) is 0.866. The molecule has 1 aromatic carbocycles. The third-order valence-electron chi connectivity index (χ3n) is 2.87. The Morgan fingerprint density at radius 1 is 1.28 bits per heavy atom. The van der Waals surface area contributed by atoms with Gasteiger partial charge in [-0.05, 0) is 11.1 Å². The molecule has 0 aliphatic rings. The topological polar surface area (TPSA) is 71.8 Å². The predicted octanol–water partition coefficient (Wildman–Crippen LogP) is 2.02. The largest absolute Gasteiger partial charge is 0.326 e. The van der Waals surface area contributed by atoms with Crippen molar-refractivity contribution in [3.05, 3.63) is 52.2 Å². The van der Waals surface area contributed by atoms with Crippen molar-refractivity contribution < 1.29 is 0 Å². The van der Waals surface area contributed by atoms with E-state index in [0.717, 1.165) is 11.1 Å². The predicted molar refractivity (Wildman–Crippen MR) is 72.3 cm³/mol. The molecule has 18 heavy (non-hydrogen) atoms. The summed E-state index contributed by atoms with van der Waals surface area (Å²) < 4.78 is 0. The first-order valence-electron chi connectivity index (χ1n) is 6.00. The molecule has 0 saturated carbocycles. The third kappa shape index (κ3) is 2.49. The average Bonchev–Trinajstić information content (AvgIpc) is 2.38. The van der Waals surface area contributed by atoms with Crippen molar-refractivity contribution in [2.75, 3.05) is 0 Å². The number of H-pyrrole nitrogens is 1. The SMILES string of the molecule is CC(C)c1ncc(-c2ccc(CN)cc2)c(=O)[nH]1. The van der Waals surface area contributed by atoms with Crippen LogP contribution in [0.25, 0.3) is 11.1 Å². The second kappa shape index (κ2) is 5.14. The van der Waals surface area contributed by atoms with Gasteiger partial charge in [-0.3, -0.25) is 4.79 Å². The van der Waals surface area contributed by atoms with Gasteiger partial charge in [0.25, 0.3) is 5.56 Å². The van der Waals surface area contributed by atoms with E-state index in [1.54, 1.807) is 6.20 Å². The highest BCUT2D eigenvalue weighted by molar-refractivity contribution is 5.61. The fourth-order valence-electron chi connectivity index (χ4n) is 1.73. The molecule has 94 valence electrons. The molecular weight excluding hydrogens is 226 g/mol. The Bertz CT molecular complexity index is 585. The van der Waals surface area contributed by atoms with E-state index < -0.39 is 0 Å². The van der Waals surface area contributed by atoms with Gasteiger partial charge in [-0.15, -0.1) is 0 Å². The minimum Gasteiger partial charge on any atom is -0.326 e. The zero-order chi connectivity index (χ0) is 13.1. The fourth-order valence-corrected chi connectivity index (χ4v) is 1.73. The van der Waals surface area contributed by atoms with Crippen LogP contribution in [-0.2, 0) is 6.54 Å². The van der Waals surface area contributed by atoms with Gasteiger partial charge in [0, 0.05) is 18.7 Å². The molecule has 0 fully saturated rings. The van der Waals surface area contributed by atoms with Gasteiger partial charge in [-0.25, -0.2) is 4.98 Å². The van der Waals surface area contributed by atoms with Gasteiger partial charge in [0.15, 0.2) is 0 Å². The van der Waals surface area contributed by atoms with E-state index in [1.165, 1.54) is 0 Å². The molecule has 4 heteroatoms. The number of benzene rings is 1. The van der Waals surface area contributed by atoms with E-state index in [1.807, 2.05) is 38.1 Å². The van der Waals surface area contributed by atoms with Crippen molar-refractivity contribution in [1.29, 1.82) is 0 Å². The Morgan fingerprint density at radius 3 is 2.44 bits per heavy atom. The highest BCUT2D eigenvalue weighted by Crippen LogP contribution is 2.16. The van der Waals surface area contributed by atoms with E-state index in [9.17, 15) is 4.79 Å². The van der Waals surface area contributed by atoms with Crippen molar-refractivity contribution in [1.82, 2.24) is 9.97 Å². The highest BCUT2D eigenvalue weighted by Gasteiger charge is 2.07. The van der Waals surface area contributed by atoms with Gasteiger partial charge in [-0.2, -0.15) is 0 Å². The van der Waals surface area contributed by atoms with Crippen molar-refractivity contribution >= 4 is 0 Å². The Morgan fingerprint density at radius 2 is 1.94 bits per heavy atom. The maximum Gasteiger partial charge on any atom is 0.258 e. The summed E-state index contributed by atoms with van der Waals surface area (Å²) in [6.45, 7) is 4.49. The molecule has 0 spiro atoms. The van der Waals surface area contributed by atoms with Crippen LogP contribution in [0.4, 0.5) is 0 Å². The lowest BCUT2D eigenvalue weighted by Crippen LogP contribution is -2.14. The molecule has 0 saturated heterocycles. The Labute approximate surface area is 106 Å². The Kier molecular flexibility index (Phi) is 3.58. The maximum absolute atomic E-state index is 12.0. The lowest BCUT2D eigenvalue weighted by Gasteiger charge is -2.06. The van der Waals surface area contributed by atoms with Crippen LogP contribution in [-0.4, -0.2) is 9.97 Å². The van der Waals surface area contributed by atoms with Crippen molar-refractivity contribution in [3.8, 4) is 11.1 Å². The van der Waals surface area contributed by atoms with Crippen LogP contribution < -0.4 is 11.3 Å².